The topological polar surface area (TPSA) is 12.0 Å². The molecule has 1 saturated heterocycles. The van der Waals surface area contributed by atoms with E-state index in [-0.39, 0.29) is 0 Å². The highest BCUT2D eigenvalue weighted by Gasteiger charge is 2.18. The molecule has 0 saturated carbocycles. The first-order valence-corrected chi connectivity index (χ1v) is 7.89. The summed E-state index contributed by atoms with van der Waals surface area (Å²) in [7, 11) is 0. The van der Waals surface area contributed by atoms with Crippen molar-refractivity contribution in [2.75, 3.05) is 6.54 Å². The first kappa shape index (κ1) is 11.4. The minimum atomic E-state index is 0.547. The van der Waals surface area contributed by atoms with Crippen LogP contribution in [-0.2, 0) is 0 Å². The first-order valence-electron chi connectivity index (χ1n) is 7.07. The second-order valence-corrected chi connectivity index (χ2v) is 6.38. The van der Waals surface area contributed by atoms with Gasteiger partial charge >= 0.3 is 0 Å². The van der Waals surface area contributed by atoms with Crippen LogP contribution in [-0.4, -0.2) is 6.54 Å². The molecule has 2 aromatic carbocycles. The van der Waals surface area contributed by atoms with Crippen LogP contribution < -0.4 is 5.32 Å². The lowest BCUT2D eigenvalue weighted by molar-refractivity contribution is 0.414. The molecule has 2 heteroatoms. The van der Waals surface area contributed by atoms with Crippen molar-refractivity contribution >= 4 is 31.5 Å². The Balaban J connectivity index is 1.95. The van der Waals surface area contributed by atoms with Crippen LogP contribution in [0.4, 0.5) is 0 Å². The number of piperidine rings is 1. The summed E-state index contributed by atoms with van der Waals surface area (Å²) in [6.07, 6.45) is 3.94. The predicted molar refractivity (Wildman–Crippen MR) is 83.9 cm³/mol. The van der Waals surface area contributed by atoms with Crippen molar-refractivity contribution in [2.24, 2.45) is 0 Å². The maximum atomic E-state index is 3.68. The molecule has 19 heavy (non-hydrogen) atoms. The second kappa shape index (κ2) is 4.62. The Morgan fingerprint density at radius 3 is 2.74 bits per heavy atom. The molecule has 0 bridgehead atoms. The van der Waals surface area contributed by atoms with Crippen molar-refractivity contribution in [1.82, 2.24) is 5.32 Å². The lowest BCUT2D eigenvalue weighted by atomic mass is 9.96. The molecule has 1 nitrogen and oxygen atoms in total. The largest absolute Gasteiger partial charge is 0.310 e. The number of hydrogen-bond donors (Lipinski definition) is 1. The lowest BCUT2D eigenvalue weighted by Gasteiger charge is -2.24. The Morgan fingerprint density at radius 1 is 0.947 bits per heavy atom. The van der Waals surface area contributed by atoms with Gasteiger partial charge in [-0.15, -0.1) is 11.3 Å². The van der Waals surface area contributed by atoms with E-state index in [1.165, 1.54) is 45.0 Å². The Morgan fingerprint density at radius 2 is 1.84 bits per heavy atom. The smallest absolute Gasteiger partial charge is 0.0403 e. The van der Waals surface area contributed by atoms with E-state index in [0.717, 1.165) is 6.54 Å². The molecule has 3 aromatic rings. The summed E-state index contributed by atoms with van der Waals surface area (Å²) in [6.45, 7) is 1.16. The molecule has 0 spiro atoms. The Hall–Kier alpha value is -1.38. The van der Waals surface area contributed by atoms with Crippen molar-refractivity contribution in [2.45, 2.75) is 25.3 Å². The number of hydrogen-bond acceptors (Lipinski definition) is 2. The van der Waals surface area contributed by atoms with Crippen LogP contribution >= 0.6 is 11.3 Å². The highest BCUT2D eigenvalue weighted by atomic mass is 32.1. The number of benzene rings is 2. The molecular formula is C17H17NS. The lowest BCUT2D eigenvalue weighted by Crippen LogP contribution is -2.26. The SMILES string of the molecule is c1ccc2c(c1)sc1c([C@@H]3CCCCN3)cccc12. The molecule has 1 aliphatic rings. The van der Waals surface area contributed by atoms with Crippen LogP contribution in [0.3, 0.4) is 0 Å². The van der Waals surface area contributed by atoms with Crippen LogP contribution in [0.25, 0.3) is 20.2 Å². The molecular weight excluding hydrogens is 250 g/mol. The molecule has 1 atom stereocenters. The molecule has 0 amide bonds. The molecule has 0 radical (unpaired) electrons. The zero-order valence-electron chi connectivity index (χ0n) is 10.9. The van der Waals surface area contributed by atoms with Gasteiger partial charge < -0.3 is 5.32 Å². The van der Waals surface area contributed by atoms with E-state index in [2.05, 4.69) is 47.8 Å². The van der Waals surface area contributed by atoms with Gasteiger partial charge in [0.1, 0.15) is 0 Å². The standard InChI is InChI=1S/C17H17NS/c1-2-10-16-12(6-1)13-7-5-8-14(17(13)19-16)15-9-3-4-11-18-15/h1-2,5-8,10,15,18H,3-4,9,11H2/t15-/m0/s1. The van der Waals surface area contributed by atoms with E-state index < -0.39 is 0 Å². The van der Waals surface area contributed by atoms with Crippen molar-refractivity contribution in [3.05, 3.63) is 48.0 Å². The normalized spacial score (nSPS) is 20.1. The van der Waals surface area contributed by atoms with Gasteiger partial charge in [0.2, 0.25) is 0 Å². The predicted octanol–water partition coefficient (Wildman–Crippen LogP) is 4.87. The summed E-state index contributed by atoms with van der Waals surface area (Å²) in [4.78, 5) is 0. The molecule has 1 fully saturated rings. The van der Waals surface area contributed by atoms with Gasteiger partial charge in [-0.25, -0.2) is 0 Å². The van der Waals surface area contributed by atoms with Crippen molar-refractivity contribution < 1.29 is 0 Å². The summed E-state index contributed by atoms with van der Waals surface area (Å²) in [5.41, 5.74) is 1.50. The van der Waals surface area contributed by atoms with E-state index in [4.69, 9.17) is 0 Å². The van der Waals surface area contributed by atoms with Crippen LogP contribution in [0.1, 0.15) is 30.9 Å². The fraction of sp³-hybridized carbons (Fsp3) is 0.294. The third-order valence-electron chi connectivity index (χ3n) is 4.12. The van der Waals surface area contributed by atoms with E-state index >= 15 is 0 Å². The Labute approximate surface area is 117 Å². The number of nitrogens with one attached hydrogen (secondary N) is 1. The van der Waals surface area contributed by atoms with Gasteiger partial charge in [0, 0.05) is 26.2 Å². The van der Waals surface area contributed by atoms with Gasteiger partial charge in [-0.2, -0.15) is 0 Å². The maximum Gasteiger partial charge on any atom is 0.0403 e. The van der Waals surface area contributed by atoms with E-state index in [1.54, 1.807) is 0 Å². The van der Waals surface area contributed by atoms with Crippen LogP contribution in [0, 0.1) is 0 Å². The summed E-state index contributed by atoms with van der Waals surface area (Å²) in [6, 6.07) is 16.1. The monoisotopic (exact) mass is 267 g/mol. The zero-order valence-corrected chi connectivity index (χ0v) is 11.7. The van der Waals surface area contributed by atoms with E-state index in [0.29, 0.717) is 6.04 Å². The summed E-state index contributed by atoms with van der Waals surface area (Å²) in [5.74, 6) is 0. The molecule has 1 aliphatic heterocycles. The average Bonchev–Trinajstić information content (AvgIpc) is 2.87. The summed E-state index contributed by atoms with van der Waals surface area (Å²) >= 11 is 1.94. The van der Waals surface area contributed by atoms with Crippen LogP contribution in [0.5, 0.6) is 0 Å². The minimum absolute atomic E-state index is 0.547. The third-order valence-corrected chi connectivity index (χ3v) is 5.36. The van der Waals surface area contributed by atoms with Crippen molar-refractivity contribution in [3.8, 4) is 0 Å². The summed E-state index contributed by atoms with van der Waals surface area (Å²) in [5, 5.41) is 6.50. The number of thiophene rings is 1. The fourth-order valence-corrected chi connectivity index (χ4v) is 4.43. The Bertz CT molecular complexity index is 722. The molecule has 4 rings (SSSR count). The van der Waals surface area contributed by atoms with Gasteiger partial charge in [0.15, 0.2) is 0 Å². The van der Waals surface area contributed by atoms with Gasteiger partial charge in [-0.1, -0.05) is 42.8 Å². The van der Waals surface area contributed by atoms with Gasteiger partial charge in [0.05, 0.1) is 0 Å². The van der Waals surface area contributed by atoms with E-state index in [1.807, 2.05) is 11.3 Å². The number of rotatable bonds is 1. The quantitative estimate of drug-likeness (QED) is 0.663. The van der Waals surface area contributed by atoms with Crippen molar-refractivity contribution in [3.63, 3.8) is 0 Å². The van der Waals surface area contributed by atoms with Gasteiger partial charge in [-0.05, 0) is 31.0 Å². The van der Waals surface area contributed by atoms with Crippen molar-refractivity contribution in [1.29, 1.82) is 0 Å². The molecule has 96 valence electrons. The average molecular weight is 267 g/mol. The first-order chi connectivity index (χ1) is 9.43. The van der Waals surface area contributed by atoms with Crippen LogP contribution in [0.2, 0.25) is 0 Å². The fourth-order valence-electron chi connectivity index (χ4n) is 3.16. The van der Waals surface area contributed by atoms with E-state index in [9.17, 15) is 0 Å². The highest BCUT2D eigenvalue weighted by molar-refractivity contribution is 7.26. The molecule has 2 heterocycles. The third kappa shape index (κ3) is 1.87. The summed E-state index contributed by atoms with van der Waals surface area (Å²) < 4.78 is 2.88. The van der Waals surface area contributed by atoms with Gasteiger partial charge in [-0.3, -0.25) is 0 Å². The van der Waals surface area contributed by atoms with Gasteiger partial charge in [0.25, 0.3) is 0 Å². The zero-order chi connectivity index (χ0) is 12.7. The second-order valence-electron chi connectivity index (χ2n) is 5.32. The maximum absolute atomic E-state index is 3.68. The molecule has 1 aromatic heterocycles. The van der Waals surface area contributed by atoms with Crippen LogP contribution in [0.15, 0.2) is 42.5 Å². The molecule has 1 N–H and O–H groups in total. The molecule has 0 unspecified atom stereocenters. The highest BCUT2D eigenvalue weighted by Crippen LogP contribution is 2.39. The Kier molecular flexibility index (Phi) is 2.78. The molecule has 0 aliphatic carbocycles. The minimum Gasteiger partial charge on any atom is -0.310 e. The number of fused-ring (bicyclic) bond motifs is 3.